The molecule has 0 saturated heterocycles. The molecule has 15 heavy (non-hydrogen) atoms. The molecular weight excluding hydrogens is 192 g/mol. The van der Waals surface area contributed by atoms with E-state index in [1.54, 1.807) is 18.1 Å². The molecule has 0 radical (unpaired) electrons. The van der Waals surface area contributed by atoms with Crippen LogP contribution in [-0.4, -0.2) is 33.4 Å². The minimum atomic E-state index is -0.407. The zero-order chi connectivity index (χ0) is 11.4. The highest BCUT2D eigenvalue weighted by Gasteiger charge is 2.17. The van der Waals surface area contributed by atoms with E-state index in [0.717, 1.165) is 5.82 Å². The summed E-state index contributed by atoms with van der Waals surface area (Å²) in [7, 11) is 3.65. The molecule has 1 aromatic rings. The van der Waals surface area contributed by atoms with Crippen molar-refractivity contribution >= 4 is 5.91 Å². The molecule has 0 aliphatic rings. The van der Waals surface area contributed by atoms with Gasteiger partial charge in [0.1, 0.15) is 5.82 Å². The number of nitrogens with zero attached hydrogens (tertiary/aromatic N) is 3. The number of likely N-dealkylation sites (N-methyl/N-ethyl adjacent to an activating group) is 1. The maximum absolute atomic E-state index is 11.7. The number of nitrogens with two attached hydrogens (primary N) is 1. The van der Waals surface area contributed by atoms with Gasteiger partial charge in [-0.2, -0.15) is 0 Å². The lowest BCUT2D eigenvalue weighted by Gasteiger charge is -2.20. The molecule has 0 unspecified atom stereocenters. The third-order valence-electron chi connectivity index (χ3n) is 2.43. The molecule has 1 rings (SSSR count). The fraction of sp³-hybridized carbons (Fsp3) is 0.600. The van der Waals surface area contributed by atoms with Gasteiger partial charge in [-0.1, -0.05) is 6.92 Å². The van der Waals surface area contributed by atoms with Gasteiger partial charge in [-0.15, -0.1) is 0 Å². The van der Waals surface area contributed by atoms with Crippen LogP contribution in [0.25, 0.3) is 0 Å². The number of aromatic nitrogens is 2. The van der Waals surface area contributed by atoms with Crippen LogP contribution in [0.3, 0.4) is 0 Å². The summed E-state index contributed by atoms with van der Waals surface area (Å²) in [6.45, 7) is 2.40. The summed E-state index contributed by atoms with van der Waals surface area (Å²) >= 11 is 0. The molecule has 0 saturated carbocycles. The molecule has 0 aliphatic heterocycles. The number of aryl methyl sites for hydroxylation is 1. The minimum Gasteiger partial charge on any atom is -0.337 e. The molecule has 1 aromatic heterocycles. The highest BCUT2D eigenvalue weighted by Crippen LogP contribution is 2.02. The van der Waals surface area contributed by atoms with Crippen LogP contribution in [0.15, 0.2) is 12.4 Å². The van der Waals surface area contributed by atoms with Gasteiger partial charge in [-0.25, -0.2) is 4.98 Å². The topological polar surface area (TPSA) is 64.2 Å². The smallest absolute Gasteiger partial charge is 0.239 e. The maximum Gasteiger partial charge on any atom is 0.239 e. The van der Waals surface area contributed by atoms with Crippen molar-refractivity contribution in [2.24, 2.45) is 12.8 Å². The molecule has 84 valence electrons. The van der Waals surface area contributed by atoms with Crippen LogP contribution in [0.1, 0.15) is 19.2 Å². The van der Waals surface area contributed by atoms with Crippen molar-refractivity contribution in [2.45, 2.75) is 25.9 Å². The Kier molecular flexibility index (Phi) is 3.85. The second-order valence-corrected chi connectivity index (χ2v) is 3.66. The first kappa shape index (κ1) is 11.7. The van der Waals surface area contributed by atoms with Crippen LogP contribution in [0, 0.1) is 0 Å². The van der Waals surface area contributed by atoms with E-state index in [4.69, 9.17) is 5.73 Å². The molecule has 0 aromatic carbocycles. The second kappa shape index (κ2) is 4.93. The van der Waals surface area contributed by atoms with Gasteiger partial charge < -0.3 is 15.2 Å². The third kappa shape index (κ3) is 2.79. The van der Waals surface area contributed by atoms with Crippen LogP contribution in [0.2, 0.25) is 0 Å². The van der Waals surface area contributed by atoms with Crippen LogP contribution < -0.4 is 5.73 Å². The highest BCUT2D eigenvalue weighted by atomic mass is 16.2. The van der Waals surface area contributed by atoms with E-state index in [0.29, 0.717) is 13.0 Å². The Morgan fingerprint density at radius 3 is 2.87 bits per heavy atom. The summed E-state index contributed by atoms with van der Waals surface area (Å²) in [5.41, 5.74) is 5.67. The number of amides is 1. The van der Waals surface area contributed by atoms with E-state index in [9.17, 15) is 4.79 Å². The number of hydrogen-bond donors (Lipinski definition) is 1. The average Bonchev–Trinajstić information content (AvgIpc) is 2.62. The van der Waals surface area contributed by atoms with Crippen molar-refractivity contribution in [3.05, 3.63) is 18.2 Å². The Balaban J connectivity index is 2.60. The summed E-state index contributed by atoms with van der Waals surface area (Å²) in [5, 5.41) is 0. The zero-order valence-corrected chi connectivity index (χ0v) is 9.47. The van der Waals surface area contributed by atoms with Gasteiger partial charge >= 0.3 is 0 Å². The zero-order valence-electron chi connectivity index (χ0n) is 9.47. The summed E-state index contributed by atoms with van der Waals surface area (Å²) in [4.78, 5) is 17.4. The molecule has 1 atom stereocenters. The quantitative estimate of drug-likeness (QED) is 0.767. The summed E-state index contributed by atoms with van der Waals surface area (Å²) in [6.07, 6.45) is 4.23. The van der Waals surface area contributed by atoms with E-state index in [-0.39, 0.29) is 5.91 Å². The van der Waals surface area contributed by atoms with Gasteiger partial charge in [0.15, 0.2) is 0 Å². The molecule has 0 spiro atoms. The van der Waals surface area contributed by atoms with Crippen molar-refractivity contribution in [3.63, 3.8) is 0 Å². The number of rotatable bonds is 4. The fourth-order valence-electron chi connectivity index (χ4n) is 1.30. The lowest BCUT2D eigenvalue weighted by molar-refractivity contribution is -0.132. The first-order valence-electron chi connectivity index (χ1n) is 5.03. The van der Waals surface area contributed by atoms with Crippen LogP contribution in [-0.2, 0) is 18.4 Å². The lowest BCUT2D eigenvalue weighted by Crippen LogP contribution is -2.41. The second-order valence-electron chi connectivity index (χ2n) is 3.66. The van der Waals surface area contributed by atoms with E-state index in [1.807, 2.05) is 24.7 Å². The van der Waals surface area contributed by atoms with Gasteiger partial charge in [0.05, 0.1) is 12.6 Å². The monoisotopic (exact) mass is 210 g/mol. The van der Waals surface area contributed by atoms with Gasteiger partial charge in [-0.05, 0) is 6.42 Å². The Hall–Kier alpha value is -1.36. The Morgan fingerprint density at radius 1 is 1.73 bits per heavy atom. The Bertz CT molecular complexity index is 334. The number of carbonyl (C=O) groups is 1. The standard InChI is InChI=1S/C10H18N4O/c1-4-8(11)10(15)14(3)7-9-12-5-6-13(9)2/h5-6,8H,4,7,11H2,1-3H3/t8-/m0/s1. The van der Waals surface area contributed by atoms with Gasteiger partial charge in [0.2, 0.25) is 5.91 Å². The minimum absolute atomic E-state index is 0.0412. The normalized spacial score (nSPS) is 12.5. The summed E-state index contributed by atoms with van der Waals surface area (Å²) in [5.74, 6) is 0.814. The molecular formula is C10H18N4O. The molecule has 1 heterocycles. The van der Waals surface area contributed by atoms with Crippen molar-refractivity contribution in [3.8, 4) is 0 Å². The van der Waals surface area contributed by atoms with Gasteiger partial charge in [0, 0.05) is 26.5 Å². The molecule has 5 heteroatoms. The van der Waals surface area contributed by atoms with Crippen LogP contribution in [0.5, 0.6) is 0 Å². The number of carbonyl (C=O) groups excluding carboxylic acids is 1. The predicted molar refractivity (Wildman–Crippen MR) is 57.9 cm³/mol. The van der Waals surface area contributed by atoms with Crippen LogP contribution >= 0.6 is 0 Å². The predicted octanol–water partition coefficient (Wildman–Crippen LogP) is 0.116. The Labute approximate surface area is 89.9 Å². The van der Waals surface area contributed by atoms with Crippen molar-refractivity contribution in [1.82, 2.24) is 14.5 Å². The molecule has 0 fully saturated rings. The molecule has 5 nitrogen and oxygen atoms in total. The fourth-order valence-corrected chi connectivity index (χ4v) is 1.30. The third-order valence-corrected chi connectivity index (χ3v) is 2.43. The first-order valence-corrected chi connectivity index (χ1v) is 5.03. The number of hydrogen-bond acceptors (Lipinski definition) is 3. The lowest BCUT2D eigenvalue weighted by atomic mass is 10.2. The largest absolute Gasteiger partial charge is 0.337 e. The van der Waals surface area contributed by atoms with Crippen molar-refractivity contribution in [2.75, 3.05) is 7.05 Å². The van der Waals surface area contributed by atoms with Crippen molar-refractivity contribution in [1.29, 1.82) is 0 Å². The summed E-state index contributed by atoms with van der Waals surface area (Å²) < 4.78 is 1.89. The molecule has 2 N–H and O–H groups in total. The van der Waals surface area contributed by atoms with Gasteiger partial charge in [-0.3, -0.25) is 4.79 Å². The SMILES string of the molecule is CC[C@H](N)C(=O)N(C)Cc1nccn1C. The number of imidazole rings is 1. The van der Waals surface area contributed by atoms with Gasteiger partial charge in [0.25, 0.3) is 0 Å². The van der Waals surface area contributed by atoms with E-state index < -0.39 is 6.04 Å². The molecule has 1 amide bonds. The maximum atomic E-state index is 11.7. The van der Waals surface area contributed by atoms with Crippen molar-refractivity contribution < 1.29 is 4.79 Å². The highest BCUT2D eigenvalue weighted by molar-refractivity contribution is 5.81. The molecule has 0 bridgehead atoms. The van der Waals surface area contributed by atoms with E-state index >= 15 is 0 Å². The van der Waals surface area contributed by atoms with E-state index in [2.05, 4.69) is 4.98 Å². The van der Waals surface area contributed by atoms with E-state index in [1.165, 1.54) is 0 Å². The molecule has 0 aliphatic carbocycles. The summed E-state index contributed by atoms with van der Waals surface area (Å²) in [6, 6.07) is -0.407. The Morgan fingerprint density at radius 2 is 2.40 bits per heavy atom. The van der Waals surface area contributed by atoms with Crippen LogP contribution in [0.4, 0.5) is 0 Å². The average molecular weight is 210 g/mol. The first-order chi connectivity index (χ1) is 7.06.